The highest BCUT2D eigenvalue weighted by Gasteiger charge is 2.41. The van der Waals surface area contributed by atoms with Gasteiger partial charge in [0.15, 0.2) is 11.6 Å². The fraction of sp³-hybridized carbons (Fsp3) is 0.571. The lowest BCUT2D eigenvalue weighted by Gasteiger charge is -2.26. The summed E-state index contributed by atoms with van der Waals surface area (Å²) in [6, 6.07) is 4.00. The van der Waals surface area contributed by atoms with Gasteiger partial charge in [-0.2, -0.15) is 0 Å². The molecule has 1 fully saturated rings. The molecule has 0 saturated heterocycles. The zero-order valence-electron chi connectivity index (χ0n) is 10.7. The van der Waals surface area contributed by atoms with Crippen molar-refractivity contribution < 1.29 is 9.13 Å². The molecule has 0 amide bonds. The predicted octanol–water partition coefficient (Wildman–Crippen LogP) is 2.25. The molecule has 2 unspecified atom stereocenters. The number of methoxy groups -OCH3 is 1. The summed E-state index contributed by atoms with van der Waals surface area (Å²) in [7, 11) is 1.51. The van der Waals surface area contributed by atoms with Crippen LogP contribution >= 0.6 is 0 Å². The van der Waals surface area contributed by atoms with E-state index in [0.29, 0.717) is 24.3 Å². The largest absolute Gasteiger partial charge is 0.494 e. The quantitative estimate of drug-likeness (QED) is 0.894. The summed E-state index contributed by atoms with van der Waals surface area (Å²) in [5, 5.41) is 0. The number of ether oxygens (including phenoxy) is 1. The Kier molecular flexibility index (Phi) is 2.90. The molecule has 1 aliphatic heterocycles. The number of benzene rings is 1. The van der Waals surface area contributed by atoms with E-state index in [0.717, 1.165) is 24.2 Å². The minimum Gasteiger partial charge on any atom is -0.494 e. The van der Waals surface area contributed by atoms with E-state index in [1.165, 1.54) is 20.0 Å². The number of fused-ring (bicyclic) bond motifs is 3. The topological polar surface area (TPSA) is 38.5 Å². The molecule has 1 saturated carbocycles. The fourth-order valence-corrected chi connectivity index (χ4v) is 3.54. The van der Waals surface area contributed by atoms with Crippen molar-refractivity contribution >= 4 is 5.69 Å². The minimum absolute atomic E-state index is 0.253. The maximum absolute atomic E-state index is 13.8. The number of rotatable bonds is 3. The first-order chi connectivity index (χ1) is 8.76. The SMILES string of the molecule is COc1cc2c(cc1F)C1CCCC1N2CCN. The highest BCUT2D eigenvalue weighted by atomic mass is 19.1. The van der Waals surface area contributed by atoms with Crippen LogP contribution in [0.15, 0.2) is 12.1 Å². The maximum Gasteiger partial charge on any atom is 0.165 e. The molecule has 2 N–H and O–H groups in total. The molecule has 1 aromatic rings. The van der Waals surface area contributed by atoms with Crippen LogP contribution in [0.2, 0.25) is 0 Å². The number of nitrogens with zero attached hydrogens (tertiary/aromatic N) is 1. The van der Waals surface area contributed by atoms with E-state index < -0.39 is 0 Å². The minimum atomic E-state index is -0.253. The second-order valence-corrected chi connectivity index (χ2v) is 5.13. The molecule has 1 aliphatic carbocycles. The molecule has 2 aliphatic rings. The number of anilines is 1. The van der Waals surface area contributed by atoms with Gasteiger partial charge in [0, 0.05) is 36.8 Å². The average molecular weight is 250 g/mol. The van der Waals surface area contributed by atoms with Crippen LogP contribution in [0.3, 0.4) is 0 Å². The molecule has 0 bridgehead atoms. The van der Waals surface area contributed by atoms with Gasteiger partial charge in [-0.1, -0.05) is 6.42 Å². The Morgan fingerprint density at radius 2 is 2.28 bits per heavy atom. The molecular weight excluding hydrogens is 231 g/mol. The molecule has 0 spiro atoms. The van der Waals surface area contributed by atoms with Gasteiger partial charge >= 0.3 is 0 Å². The van der Waals surface area contributed by atoms with E-state index in [4.69, 9.17) is 10.5 Å². The number of hydrogen-bond donors (Lipinski definition) is 1. The van der Waals surface area contributed by atoms with E-state index >= 15 is 0 Å². The van der Waals surface area contributed by atoms with Gasteiger partial charge in [0.25, 0.3) is 0 Å². The number of halogens is 1. The first-order valence-corrected chi connectivity index (χ1v) is 6.60. The monoisotopic (exact) mass is 250 g/mol. The van der Waals surface area contributed by atoms with Gasteiger partial charge < -0.3 is 15.4 Å². The van der Waals surface area contributed by atoms with Crippen LogP contribution in [-0.2, 0) is 0 Å². The molecule has 3 rings (SSSR count). The van der Waals surface area contributed by atoms with Gasteiger partial charge in [-0.15, -0.1) is 0 Å². The Labute approximate surface area is 107 Å². The van der Waals surface area contributed by atoms with Crippen LogP contribution < -0.4 is 15.4 Å². The normalized spacial score (nSPS) is 25.2. The molecule has 18 heavy (non-hydrogen) atoms. The summed E-state index contributed by atoms with van der Waals surface area (Å²) >= 11 is 0. The summed E-state index contributed by atoms with van der Waals surface area (Å²) in [5.41, 5.74) is 7.96. The Morgan fingerprint density at radius 1 is 1.44 bits per heavy atom. The van der Waals surface area contributed by atoms with Gasteiger partial charge in [-0.25, -0.2) is 4.39 Å². The molecule has 0 aromatic heterocycles. The van der Waals surface area contributed by atoms with Gasteiger partial charge in [0.05, 0.1) is 7.11 Å². The zero-order valence-corrected chi connectivity index (χ0v) is 10.7. The molecule has 3 nitrogen and oxygen atoms in total. The second-order valence-electron chi connectivity index (χ2n) is 5.13. The first kappa shape index (κ1) is 11.8. The van der Waals surface area contributed by atoms with Crippen LogP contribution in [0.1, 0.15) is 30.7 Å². The van der Waals surface area contributed by atoms with Crippen LogP contribution in [0.4, 0.5) is 10.1 Å². The Balaban J connectivity index is 2.06. The zero-order chi connectivity index (χ0) is 12.7. The van der Waals surface area contributed by atoms with Crippen molar-refractivity contribution in [3.05, 3.63) is 23.5 Å². The van der Waals surface area contributed by atoms with Gasteiger partial charge in [-0.05, 0) is 24.5 Å². The lowest BCUT2D eigenvalue weighted by molar-refractivity contribution is 0.386. The van der Waals surface area contributed by atoms with Crippen molar-refractivity contribution in [2.24, 2.45) is 5.73 Å². The molecule has 2 atom stereocenters. The highest BCUT2D eigenvalue weighted by molar-refractivity contribution is 5.65. The van der Waals surface area contributed by atoms with Gasteiger partial charge in [-0.3, -0.25) is 0 Å². The van der Waals surface area contributed by atoms with E-state index in [9.17, 15) is 4.39 Å². The third-order valence-corrected chi connectivity index (χ3v) is 4.26. The standard InChI is InChI=1S/C14H19FN2O/c1-18-14-8-13-10(7-11(14)15)9-3-2-4-12(9)17(13)6-5-16/h7-9,12H,2-6,16H2,1H3. The van der Waals surface area contributed by atoms with Gasteiger partial charge in [0.2, 0.25) is 0 Å². The van der Waals surface area contributed by atoms with E-state index in [1.54, 1.807) is 6.07 Å². The second kappa shape index (κ2) is 4.43. The van der Waals surface area contributed by atoms with Crippen molar-refractivity contribution in [2.45, 2.75) is 31.2 Å². The van der Waals surface area contributed by atoms with Gasteiger partial charge in [0.1, 0.15) is 0 Å². The Bertz CT molecular complexity index is 463. The lowest BCUT2D eigenvalue weighted by Crippen LogP contribution is -2.35. The Morgan fingerprint density at radius 3 is 3.00 bits per heavy atom. The number of hydrogen-bond acceptors (Lipinski definition) is 3. The van der Waals surface area contributed by atoms with Crippen LogP contribution in [0.5, 0.6) is 5.75 Å². The summed E-state index contributed by atoms with van der Waals surface area (Å²) in [6.07, 6.45) is 3.57. The van der Waals surface area contributed by atoms with Crippen molar-refractivity contribution in [1.29, 1.82) is 0 Å². The van der Waals surface area contributed by atoms with Crippen LogP contribution in [0.25, 0.3) is 0 Å². The molecule has 0 radical (unpaired) electrons. The third kappa shape index (κ3) is 1.59. The van der Waals surface area contributed by atoms with E-state index in [2.05, 4.69) is 4.90 Å². The lowest BCUT2D eigenvalue weighted by atomic mass is 9.97. The maximum atomic E-state index is 13.8. The summed E-state index contributed by atoms with van der Waals surface area (Å²) in [4.78, 5) is 2.34. The summed E-state index contributed by atoms with van der Waals surface area (Å²) < 4.78 is 18.9. The van der Waals surface area contributed by atoms with Crippen molar-refractivity contribution in [3.63, 3.8) is 0 Å². The molecule has 98 valence electrons. The smallest absolute Gasteiger partial charge is 0.165 e. The highest BCUT2D eigenvalue weighted by Crippen LogP contribution is 2.50. The molecular formula is C14H19FN2O. The fourth-order valence-electron chi connectivity index (χ4n) is 3.54. The number of nitrogens with two attached hydrogens (primary N) is 1. The van der Waals surface area contributed by atoms with Crippen LogP contribution in [-0.4, -0.2) is 26.2 Å². The summed E-state index contributed by atoms with van der Waals surface area (Å²) in [6.45, 7) is 1.46. The molecule has 4 heteroatoms. The molecule has 1 aromatic carbocycles. The molecule has 1 heterocycles. The summed E-state index contributed by atoms with van der Waals surface area (Å²) in [5.74, 6) is 0.555. The van der Waals surface area contributed by atoms with E-state index in [-0.39, 0.29) is 5.82 Å². The average Bonchev–Trinajstić information content (AvgIpc) is 2.93. The van der Waals surface area contributed by atoms with E-state index in [1.807, 2.05) is 6.07 Å². The van der Waals surface area contributed by atoms with Crippen LogP contribution in [0, 0.1) is 5.82 Å². The Hall–Kier alpha value is -1.29. The van der Waals surface area contributed by atoms with Crippen molar-refractivity contribution in [2.75, 3.05) is 25.1 Å². The first-order valence-electron chi connectivity index (χ1n) is 6.60. The van der Waals surface area contributed by atoms with Crippen molar-refractivity contribution in [3.8, 4) is 5.75 Å². The van der Waals surface area contributed by atoms with Crippen molar-refractivity contribution in [1.82, 2.24) is 0 Å². The third-order valence-electron chi connectivity index (χ3n) is 4.26. The predicted molar refractivity (Wildman–Crippen MR) is 69.7 cm³/mol.